The van der Waals surface area contributed by atoms with Crippen molar-refractivity contribution < 1.29 is 18.8 Å². The number of nitro groups is 1. The third-order valence-corrected chi connectivity index (χ3v) is 4.43. The van der Waals surface area contributed by atoms with E-state index in [9.17, 15) is 19.3 Å². The first-order valence-corrected chi connectivity index (χ1v) is 8.93. The van der Waals surface area contributed by atoms with Crippen molar-refractivity contribution in [2.24, 2.45) is 5.92 Å². The molecular weight excluding hydrogens is 369 g/mol. The number of nitrogens with one attached hydrogen (secondary N) is 1. The summed E-state index contributed by atoms with van der Waals surface area (Å²) in [5.74, 6) is -0.953. The minimum Gasteiger partial charge on any atom is -0.466 e. The molecule has 0 amide bonds. The van der Waals surface area contributed by atoms with Crippen LogP contribution in [0, 0.1) is 21.8 Å². The molecule has 1 N–H and O–H groups in total. The summed E-state index contributed by atoms with van der Waals surface area (Å²) in [5, 5.41) is 14.6. The summed E-state index contributed by atoms with van der Waals surface area (Å²) >= 11 is 0. The first-order chi connectivity index (χ1) is 13.5. The third kappa shape index (κ3) is 4.33. The van der Waals surface area contributed by atoms with Gasteiger partial charge < -0.3 is 15.0 Å². The van der Waals surface area contributed by atoms with Crippen molar-refractivity contribution >= 4 is 29.0 Å². The Balaban J connectivity index is 1.89. The van der Waals surface area contributed by atoms with Crippen molar-refractivity contribution in [3.05, 3.63) is 46.5 Å². The SMILES string of the molecule is CCOC(=O)C1CCCN(c2ncnc(Nc3ccc(F)cc3)c2[N+](=O)[O-])C1. The standard InChI is InChI=1S/C18H20FN5O4/c1-2-28-18(25)12-4-3-9-23(10-12)17-15(24(26)27)16(20-11-21-17)22-14-7-5-13(19)6-8-14/h5-8,11-12H,2-4,9-10H2,1H3,(H,20,21,22). The number of benzene rings is 1. The second kappa shape index (κ2) is 8.59. The van der Waals surface area contributed by atoms with E-state index in [1.54, 1.807) is 11.8 Å². The molecule has 0 saturated carbocycles. The van der Waals surface area contributed by atoms with Gasteiger partial charge in [-0.15, -0.1) is 0 Å². The van der Waals surface area contributed by atoms with Gasteiger partial charge in [0.15, 0.2) is 0 Å². The van der Waals surface area contributed by atoms with Gasteiger partial charge in [-0.3, -0.25) is 14.9 Å². The van der Waals surface area contributed by atoms with Crippen LogP contribution in [0.2, 0.25) is 0 Å². The quantitative estimate of drug-likeness (QED) is 0.456. The van der Waals surface area contributed by atoms with Crippen LogP contribution in [-0.4, -0.2) is 40.6 Å². The summed E-state index contributed by atoms with van der Waals surface area (Å²) in [7, 11) is 0. The Morgan fingerprint density at radius 3 is 2.82 bits per heavy atom. The van der Waals surface area contributed by atoms with Crippen molar-refractivity contribution in [1.82, 2.24) is 9.97 Å². The molecule has 0 bridgehead atoms. The molecule has 1 aliphatic rings. The van der Waals surface area contributed by atoms with Crippen LogP contribution in [0.3, 0.4) is 0 Å². The van der Waals surface area contributed by atoms with E-state index in [0.717, 1.165) is 0 Å². The monoisotopic (exact) mass is 389 g/mol. The van der Waals surface area contributed by atoms with Gasteiger partial charge in [-0.05, 0) is 44.0 Å². The molecule has 1 saturated heterocycles. The molecule has 2 aromatic rings. The zero-order valence-corrected chi connectivity index (χ0v) is 15.3. The van der Waals surface area contributed by atoms with E-state index in [0.29, 0.717) is 25.1 Å². The molecule has 0 spiro atoms. The Hall–Kier alpha value is -3.30. The van der Waals surface area contributed by atoms with Gasteiger partial charge in [0.1, 0.15) is 12.1 Å². The van der Waals surface area contributed by atoms with Gasteiger partial charge in [-0.2, -0.15) is 0 Å². The highest BCUT2D eigenvalue weighted by Gasteiger charge is 2.33. The van der Waals surface area contributed by atoms with Crippen LogP contribution in [-0.2, 0) is 9.53 Å². The van der Waals surface area contributed by atoms with Gasteiger partial charge in [-0.1, -0.05) is 0 Å². The molecule has 2 heterocycles. The summed E-state index contributed by atoms with van der Waals surface area (Å²) in [6.45, 7) is 2.84. The minimum atomic E-state index is -0.560. The van der Waals surface area contributed by atoms with Gasteiger partial charge in [0, 0.05) is 18.8 Å². The van der Waals surface area contributed by atoms with Crippen molar-refractivity contribution in [3.8, 4) is 0 Å². The maximum atomic E-state index is 13.1. The molecule has 1 aliphatic heterocycles. The first kappa shape index (κ1) is 19.5. The number of hydrogen-bond donors (Lipinski definition) is 1. The molecule has 0 aliphatic carbocycles. The second-order valence-electron chi connectivity index (χ2n) is 6.32. The van der Waals surface area contributed by atoms with Crippen LogP contribution in [0.1, 0.15) is 19.8 Å². The average molecular weight is 389 g/mol. The van der Waals surface area contributed by atoms with Gasteiger partial charge in [0.2, 0.25) is 11.6 Å². The van der Waals surface area contributed by atoms with Gasteiger partial charge in [0.05, 0.1) is 17.4 Å². The molecule has 10 heteroatoms. The van der Waals surface area contributed by atoms with E-state index >= 15 is 0 Å². The molecule has 28 heavy (non-hydrogen) atoms. The Morgan fingerprint density at radius 2 is 2.14 bits per heavy atom. The molecule has 1 unspecified atom stereocenters. The van der Waals surface area contributed by atoms with Crippen LogP contribution in [0.15, 0.2) is 30.6 Å². The molecule has 1 atom stereocenters. The number of nitrogens with zero attached hydrogens (tertiary/aromatic N) is 4. The van der Waals surface area contributed by atoms with Gasteiger partial charge >= 0.3 is 11.7 Å². The third-order valence-electron chi connectivity index (χ3n) is 4.43. The van der Waals surface area contributed by atoms with Crippen molar-refractivity contribution in [3.63, 3.8) is 0 Å². The Morgan fingerprint density at radius 1 is 1.39 bits per heavy atom. The lowest BCUT2D eigenvalue weighted by Gasteiger charge is -2.32. The van der Waals surface area contributed by atoms with E-state index in [4.69, 9.17) is 4.74 Å². The number of piperidine rings is 1. The number of esters is 1. The highest BCUT2D eigenvalue weighted by Crippen LogP contribution is 2.35. The number of rotatable bonds is 6. The second-order valence-corrected chi connectivity index (χ2v) is 6.32. The van der Waals surface area contributed by atoms with Crippen molar-refractivity contribution in [1.29, 1.82) is 0 Å². The van der Waals surface area contributed by atoms with E-state index < -0.39 is 10.7 Å². The van der Waals surface area contributed by atoms with Crippen LogP contribution < -0.4 is 10.2 Å². The molecule has 3 rings (SSSR count). The fourth-order valence-electron chi connectivity index (χ4n) is 3.15. The fourth-order valence-corrected chi connectivity index (χ4v) is 3.15. The van der Waals surface area contributed by atoms with Crippen LogP contribution >= 0.6 is 0 Å². The highest BCUT2D eigenvalue weighted by molar-refractivity contribution is 5.76. The number of hydrogen-bond acceptors (Lipinski definition) is 8. The van der Waals surface area contributed by atoms with E-state index in [1.165, 1.54) is 30.6 Å². The fraction of sp³-hybridized carbons (Fsp3) is 0.389. The van der Waals surface area contributed by atoms with Crippen LogP contribution in [0.5, 0.6) is 0 Å². The van der Waals surface area contributed by atoms with E-state index in [1.807, 2.05) is 0 Å². The summed E-state index contributed by atoms with van der Waals surface area (Å²) in [5.41, 5.74) is 0.161. The largest absolute Gasteiger partial charge is 0.466 e. The van der Waals surface area contributed by atoms with E-state index in [-0.39, 0.29) is 42.4 Å². The Labute approximate surface area is 160 Å². The number of anilines is 3. The van der Waals surface area contributed by atoms with Crippen LogP contribution in [0.4, 0.5) is 27.4 Å². The Bertz CT molecular complexity index is 862. The minimum absolute atomic E-state index is 0.000124. The molecule has 1 aromatic carbocycles. The molecule has 1 aromatic heterocycles. The highest BCUT2D eigenvalue weighted by atomic mass is 19.1. The van der Waals surface area contributed by atoms with E-state index in [2.05, 4.69) is 15.3 Å². The lowest BCUT2D eigenvalue weighted by atomic mass is 9.98. The topological polar surface area (TPSA) is 110 Å². The number of aromatic nitrogens is 2. The maximum Gasteiger partial charge on any atom is 0.353 e. The number of carbonyl (C=O) groups is 1. The van der Waals surface area contributed by atoms with Gasteiger partial charge in [-0.25, -0.2) is 14.4 Å². The number of halogens is 1. The molecule has 0 radical (unpaired) electrons. The first-order valence-electron chi connectivity index (χ1n) is 8.93. The van der Waals surface area contributed by atoms with Crippen molar-refractivity contribution in [2.75, 3.05) is 29.9 Å². The lowest BCUT2D eigenvalue weighted by Crippen LogP contribution is -2.40. The lowest BCUT2D eigenvalue weighted by molar-refractivity contribution is -0.383. The predicted octanol–water partition coefficient (Wildman–Crippen LogP) is 3.05. The smallest absolute Gasteiger partial charge is 0.353 e. The Kier molecular flexibility index (Phi) is 5.97. The summed E-state index contributed by atoms with van der Waals surface area (Å²) in [6, 6.07) is 5.40. The molecular formula is C18H20FN5O4. The van der Waals surface area contributed by atoms with Crippen LogP contribution in [0.25, 0.3) is 0 Å². The summed E-state index contributed by atoms with van der Waals surface area (Å²) in [4.78, 5) is 33.1. The average Bonchev–Trinajstić information content (AvgIpc) is 2.69. The molecule has 9 nitrogen and oxygen atoms in total. The number of ether oxygens (including phenoxy) is 1. The molecule has 148 valence electrons. The normalized spacial score (nSPS) is 16.5. The van der Waals surface area contributed by atoms with Crippen molar-refractivity contribution in [2.45, 2.75) is 19.8 Å². The zero-order valence-electron chi connectivity index (χ0n) is 15.3. The molecule has 1 fully saturated rings. The maximum absolute atomic E-state index is 13.1. The summed E-state index contributed by atoms with van der Waals surface area (Å²) in [6.07, 6.45) is 2.57. The number of carbonyl (C=O) groups excluding carboxylic acids is 1. The zero-order chi connectivity index (χ0) is 20.1. The predicted molar refractivity (Wildman–Crippen MR) is 99.9 cm³/mol. The van der Waals surface area contributed by atoms with Gasteiger partial charge in [0.25, 0.3) is 0 Å². The summed E-state index contributed by atoms with van der Waals surface area (Å²) < 4.78 is 18.2.